The zero-order chi connectivity index (χ0) is 24.3. The van der Waals surface area contributed by atoms with E-state index >= 15 is 0 Å². The Morgan fingerprint density at radius 1 is 1.09 bits per heavy atom. The number of nitrogens with one attached hydrogen (secondary N) is 1. The molecule has 178 valence electrons. The van der Waals surface area contributed by atoms with Gasteiger partial charge in [-0.25, -0.2) is 4.79 Å². The SMILES string of the molecule is C[C@@]1(c2ccc3c(c2)OCCO3)NC(=O)N(CC(=O)N(CCC(N)=O)Cc2ccccc2)C1=O. The summed E-state index contributed by atoms with van der Waals surface area (Å²) < 4.78 is 11.1. The van der Waals surface area contributed by atoms with Crippen molar-refractivity contribution in [2.24, 2.45) is 5.73 Å². The number of hydrogen-bond acceptors (Lipinski definition) is 6. The molecule has 1 saturated heterocycles. The van der Waals surface area contributed by atoms with Gasteiger partial charge in [-0.15, -0.1) is 0 Å². The smallest absolute Gasteiger partial charge is 0.325 e. The topological polar surface area (TPSA) is 131 Å². The quantitative estimate of drug-likeness (QED) is 0.561. The maximum absolute atomic E-state index is 13.3. The summed E-state index contributed by atoms with van der Waals surface area (Å²) in [4.78, 5) is 52.8. The van der Waals surface area contributed by atoms with Crippen LogP contribution < -0.4 is 20.5 Å². The lowest BCUT2D eigenvalue weighted by atomic mass is 9.91. The Hall–Kier alpha value is -4.08. The fraction of sp³-hybridized carbons (Fsp3) is 0.333. The second-order valence-corrected chi connectivity index (χ2v) is 8.32. The van der Waals surface area contributed by atoms with E-state index in [1.807, 2.05) is 30.3 Å². The van der Waals surface area contributed by atoms with Crippen molar-refractivity contribution in [1.29, 1.82) is 0 Å². The van der Waals surface area contributed by atoms with Crippen molar-refractivity contribution < 1.29 is 28.7 Å². The minimum atomic E-state index is -1.37. The fourth-order valence-corrected chi connectivity index (χ4v) is 3.97. The van der Waals surface area contributed by atoms with Crippen LogP contribution in [0.1, 0.15) is 24.5 Å². The molecule has 1 atom stereocenters. The number of nitrogens with two attached hydrogens (primary N) is 1. The van der Waals surface area contributed by atoms with E-state index in [-0.39, 0.29) is 19.5 Å². The molecule has 2 aliphatic heterocycles. The summed E-state index contributed by atoms with van der Waals surface area (Å²) in [6.45, 7) is 2.23. The predicted molar refractivity (Wildman–Crippen MR) is 121 cm³/mol. The van der Waals surface area contributed by atoms with Crippen molar-refractivity contribution >= 4 is 23.8 Å². The standard InChI is InChI=1S/C24H26N4O6/c1-24(17-7-8-18-19(13-17)34-12-11-33-18)22(31)28(23(32)26-24)15-21(30)27(10-9-20(25)29)14-16-5-3-2-4-6-16/h2-8,13H,9-12,14-15H2,1H3,(H2,25,29)(H,26,32)/t24-/m0/s1. The molecule has 0 aliphatic carbocycles. The third kappa shape index (κ3) is 4.66. The van der Waals surface area contributed by atoms with Gasteiger partial charge in [-0.05, 0) is 30.2 Å². The lowest BCUT2D eigenvalue weighted by Crippen LogP contribution is -2.45. The molecule has 0 unspecified atom stereocenters. The van der Waals surface area contributed by atoms with Gasteiger partial charge in [0, 0.05) is 19.5 Å². The maximum atomic E-state index is 13.3. The summed E-state index contributed by atoms with van der Waals surface area (Å²) in [5.41, 5.74) is 5.26. The Morgan fingerprint density at radius 2 is 1.79 bits per heavy atom. The molecule has 0 spiro atoms. The molecule has 5 amide bonds. The summed E-state index contributed by atoms with van der Waals surface area (Å²) in [5, 5.41) is 2.69. The molecule has 34 heavy (non-hydrogen) atoms. The van der Waals surface area contributed by atoms with Crippen LogP contribution >= 0.6 is 0 Å². The number of primary amides is 1. The Bertz CT molecular complexity index is 1120. The van der Waals surface area contributed by atoms with Crippen molar-refractivity contribution in [3.05, 3.63) is 59.7 Å². The molecule has 0 saturated carbocycles. The number of amides is 5. The molecule has 3 N–H and O–H groups in total. The van der Waals surface area contributed by atoms with Gasteiger partial charge >= 0.3 is 6.03 Å². The Morgan fingerprint density at radius 3 is 2.50 bits per heavy atom. The van der Waals surface area contributed by atoms with Crippen molar-refractivity contribution in [1.82, 2.24) is 15.1 Å². The summed E-state index contributed by atoms with van der Waals surface area (Å²) in [7, 11) is 0. The van der Waals surface area contributed by atoms with Gasteiger partial charge < -0.3 is 25.4 Å². The molecule has 4 rings (SSSR count). The summed E-state index contributed by atoms with van der Waals surface area (Å²) in [5.74, 6) is -0.528. The van der Waals surface area contributed by atoms with Crippen LogP contribution in [-0.2, 0) is 26.5 Å². The Labute approximate surface area is 196 Å². The molecular weight excluding hydrogens is 440 g/mol. The van der Waals surface area contributed by atoms with E-state index in [9.17, 15) is 19.2 Å². The molecule has 10 heteroatoms. The van der Waals surface area contributed by atoms with E-state index in [0.717, 1.165) is 10.5 Å². The van der Waals surface area contributed by atoms with E-state index in [1.54, 1.807) is 25.1 Å². The first-order chi connectivity index (χ1) is 16.3. The molecule has 0 bridgehead atoms. The van der Waals surface area contributed by atoms with Crippen LogP contribution in [0.4, 0.5) is 4.79 Å². The number of nitrogens with zero attached hydrogens (tertiary/aromatic N) is 2. The van der Waals surface area contributed by atoms with E-state index < -0.39 is 35.8 Å². The predicted octanol–water partition coefficient (Wildman–Crippen LogP) is 1.13. The molecule has 2 aromatic carbocycles. The normalized spacial score (nSPS) is 19.0. The third-order valence-electron chi connectivity index (χ3n) is 5.88. The second-order valence-electron chi connectivity index (χ2n) is 8.32. The minimum absolute atomic E-state index is 0.0341. The molecule has 2 aliphatic rings. The average Bonchev–Trinajstić information content (AvgIpc) is 3.05. The van der Waals surface area contributed by atoms with Crippen molar-refractivity contribution in [3.63, 3.8) is 0 Å². The van der Waals surface area contributed by atoms with E-state index in [2.05, 4.69) is 5.32 Å². The molecule has 2 heterocycles. The van der Waals surface area contributed by atoms with Gasteiger partial charge in [-0.3, -0.25) is 19.3 Å². The van der Waals surface area contributed by atoms with Gasteiger partial charge in [0.25, 0.3) is 5.91 Å². The molecule has 1 fully saturated rings. The van der Waals surface area contributed by atoms with Gasteiger partial charge in [0.1, 0.15) is 25.3 Å². The van der Waals surface area contributed by atoms with Crippen LogP contribution in [0.15, 0.2) is 48.5 Å². The van der Waals surface area contributed by atoms with E-state index in [1.165, 1.54) is 4.90 Å². The van der Waals surface area contributed by atoms with Gasteiger partial charge in [-0.2, -0.15) is 0 Å². The van der Waals surface area contributed by atoms with Crippen molar-refractivity contribution in [2.75, 3.05) is 26.3 Å². The molecule has 0 aromatic heterocycles. The van der Waals surface area contributed by atoms with Crippen LogP contribution in [0.5, 0.6) is 11.5 Å². The molecule has 0 radical (unpaired) electrons. The number of hydrogen-bond donors (Lipinski definition) is 2. The van der Waals surface area contributed by atoms with Gasteiger partial charge in [-0.1, -0.05) is 36.4 Å². The van der Waals surface area contributed by atoms with Gasteiger partial charge in [0.15, 0.2) is 11.5 Å². The number of benzene rings is 2. The van der Waals surface area contributed by atoms with Gasteiger partial charge in [0.2, 0.25) is 11.8 Å². The summed E-state index contributed by atoms with van der Waals surface area (Å²) in [6, 6.07) is 13.6. The summed E-state index contributed by atoms with van der Waals surface area (Å²) in [6.07, 6.45) is -0.0341. The van der Waals surface area contributed by atoms with Crippen LogP contribution in [0, 0.1) is 0 Å². The first kappa shape index (κ1) is 23.1. The highest BCUT2D eigenvalue weighted by atomic mass is 16.6. The minimum Gasteiger partial charge on any atom is -0.486 e. The fourth-order valence-electron chi connectivity index (χ4n) is 3.97. The highest BCUT2D eigenvalue weighted by Gasteiger charge is 2.50. The number of imide groups is 1. The van der Waals surface area contributed by atoms with Crippen LogP contribution in [-0.4, -0.2) is 59.9 Å². The second kappa shape index (κ2) is 9.42. The largest absolute Gasteiger partial charge is 0.486 e. The van der Waals surface area contributed by atoms with E-state index in [0.29, 0.717) is 30.3 Å². The molecule has 10 nitrogen and oxygen atoms in total. The lowest BCUT2D eigenvalue weighted by molar-refractivity contribution is -0.139. The van der Waals surface area contributed by atoms with Crippen molar-refractivity contribution in [2.45, 2.75) is 25.4 Å². The number of rotatable bonds is 8. The zero-order valence-corrected chi connectivity index (χ0v) is 18.8. The number of carbonyl (C=O) groups is 4. The maximum Gasteiger partial charge on any atom is 0.325 e. The lowest BCUT2D eigenvalue weighted by Gasteiger charge is -2.26. The van der Waals surface area contributed by atoms with Crippen LogP contribution in [0.25, 0.3) is 0 Å². The van der Waals surface area contributed by atoms with Crippen molar-refractivity contribution in [3.8, 4) is 11.5 Å². The Balaban J connectivity index is 1.51. The van der Waals surface area contributed by atoms with Crippen LogP contribution in [0.2, 0.25) is 0 Å². The number of fused-ring (bicyclic) bond motifs is 1. The third-order valence-corrected chi connectivity index (χ3v) is 5.88. The number of urea groups is 1. The highest BCUT2D eigenvalue weighted by molar-refractivity contribution is 6.09. The molecule has 2 aromatic rings. The average molecular weight is 466 g/mol. The summed E-state index contributed by atoms with van der Waals surface area (Å²) >= 11 is 0. The first-order valence-corrected chi connectivity index (χ1v) is 10.9. The highest BCUT2D eigenvalue weighted by Crippen LogP contribution is 2.36. The van der Waals surface area contributed by atoms with Crippen LogP contribution in [0.3, 0.4) is 0 Å². The number of ether oxygens (including phenoxy) is 2. The van der Waals surface area contributed by atoms with E-state index in [4.69, 9.17) is 15.2 Å². The molecular formula is C24H26N4O6. The first-order valence-electron chi connectivity index (χ1n) is 10.9. The van der Waals surface area contributed by atoms with Gasteiger partial charge in [0.05, 0.1) is 0 Å². The zero-order valence-electron chi connectivity index (χ0n) is 18.8. The Kier molecular flexibility index (Phi) is 6.40. The number of carbonyl (C=O) groups excluding carboxylic acids is 4. The monoisotopic (exact) mass is 466 g/mol.